The number of rotatable bonds is 3. The number of piperazine rings is 1. The van der Waals surface area contributed by atoms with Crippen LogP contribution in [0, 0.1) is 0 Å². The third-order valence-electron chi connectivity index (χ3n) is 3.99. The highest BCUT2D eigenvalue weighted by atomic mass is 79.9. The second kappa shape index (κ2) is 5.65. The Labute approximate surface area is 122 Å². The third kappa shape index (κ3) is 3.02. The fraction of sp³-hybridized carbons (Fsp3) is 0.467. The van der Waals surface area contributed by atoms with E-state index in [0.717, 1.165) is 17.6 Å². The van der Waals surface area contributed by atoms with Gasteiger partial charge in [-0.1, -0.05) is 22.0 Å². The van der Waals surface area contributed by atoms with Crippen molar-refractivity contribution < 1.29 is 0 Å². The van der Waals surface area contributed by atoms with Gasteiger partial charge in [-0.05, 0) is 30.6 Å². The van der Waals surface area contributed by atoms with Crippen molar-refractivity contribution in [2.24, 2.45) is 0 Å². The average Bonchev–Trinajstić information content (AvgIpc) is 2.80. The van der Waals surface area contributed by atoms with Crippen LogP contribution in [-0.2, 0) is 6.54 Å². The summed E-state index contributed by atoms with van der Waals surface area (Å²) in [4.78, 5) is 4.96. The van der Waals surface area contributed by atoms with E-state index in [1.807, 2.05) is 0 Å². The Balaban J connectivity index is 1.67. The van der Waals surface area contributed by atoms with Crippen molar-refractivity contribution in [2.45, 2.75) is 6.54 Å². The predicted octanol–water partition coefficient (Wildman–Crippen LogP) is 2.65. The van der Waals surface area contributed by atoms with E-state index < -0.39 is 0 Å². The molecule has 1 aromatic carbocycles. The smallest absolute Gasteiger partial charge is 0.0492 e. The first kappa shape index (κ1) is 13.2. The maximum atomic E-state index is 3.56. The Morgan fingerprint density at radius 2 is 1.84 bits per heavy atom. The van der Waals surface area contributed by atoms with Crippen molar-refractivity contribution in [1.29, 1.82) is 0 Å². The molecule has 0 aliphatic carbocycles. The molecule has 2 heterocycles. The van der Waals surface area contributed by atoms with Gasteiger partial charge >= 0.3 is 0 Å². The van der Waals surface area contributed by atoms with Crippen LogP contribution in [0.25, 0.3) is 10.9 Å². The average molecular weight is 322 g/mol. The van der Waals surface area contributed by atoms with Gasteiger partial charge in [-0.2, -0.15) is 0 Å². The fourth-order valence-electron chi connectivity index (χ4n) is 2.67. The van der Waals surface area contributed by atoms with Crippen LogP contribution < -0.4 is 0 Å². The van der Waals surface area contributed by atoms with E-state index in [-0.39, 0.29) is 0 Å². The Kier molecular flexibility index (Phi) is 3.91. The van der Waals surface area contributed by atoms with Crippen molar-refractivity contribution in [3.05, 3.63) is 34.9 Å². The minimum absolute atomic E-state index is 1.07. The molecule has 1 aromatic heterocycles. The number of aromatic nitrogens is 1. The van der Waals surface area contributed by atoms with Gasteiger partial charge in [0.25, 0.3) is 0 Å². The SMILES string of the molecule is CN1CCN(CCn2ccc3ccc(Br)cc32)CC1. The topological polar surface area (TPSA) is 11.4 Å². The molecule has 1 fully saturated rings. The summed E-state index contributed by atoms with van der Waals surface area (Å²) in [6.45, 7) is 6.99. The van der Waals surface area contributed by atoms with Crippen molar-refractivity contribution in [1.82, 2.24) is 14.4 Å². The standard InChI is InChI=1S/C15H20BrN3/c1-17-6-8-18(9-7-17)10-11-19-5-4-13-2-3-14(16)12-15(13)19/h2-5,12H,6-11H2,1H3. The molecule has 1 aliphatic heterocycles. The van der Waals surface area contributed by atoms with Crippen LogP contribution in [-0.4, -0.2) is 54.1 Å². The van der Waals surface area contributed by atoms with Gasteiger partial charge in [0, 0.05) is 55.5 Å². The molecule has 0 saturated carbocycles. The second-order valence-corrected chi connectivity index (χ2v) is 6.27. The molecule has 102 valence electrons. The molecular weight excluding hydrogens is 302 g/mol. The summed E-state index contributed by atoms with van der Waals surface area (Å²) in [6, 6.07) is 8.68. The summed E-state index contributed by atoms with van der Waals surface area (Å²) in [7, 11) is 2.20. The van der Waals surface area contributed by atoms with E-state index in [9.17, 15) is 0 Å². The van der Waals surface area contributed by atoms with E-state index in [1.165, 1.54) is 37.1 Å². The van der Waals surface area contributed by atoms with Crippen molar-refractivity contribution in [3.63, 3.8) is 0 Å². The lowest BCUT2D eigenvalue weighted by Crippen LogP contribution is -2.45. The van der Waals surface area contributed by atoms with Gasteiger partial charge in [0.05, 0.1) is 0 Å². The lowest BCUT2D eigenvalue weighted by Gasteiger charge is -2.32. The molecule has 19 heavy (non-hydrogen) atoms. The van der Waals surface area contributed by atoms with E-state index in [1.54, 1.807) is 0 Å². The molecule has 1 saturated heterocycles. The number of likely N-dealkylation sites (N-methyl/N-ethyl adjacent to an activating group) is 1. The Morgan fingerprint density at radius 3 is 2.63 bits per heavy atom. The lowest BCUT2D eigenvalue weighted by molar-refractivity contribution is 0.150. The molecule has 0 amide bonds. The number of hydrogen-bond acceptors (Lipinski definition) is 2. The van der Waals surface area contributed by atoms with Crippen molar-refractivity contribution in [2.75, 3.05) is 39.8 Å². The first-order chi connectivity index (χ1) is 9.22. The quantitative estimate of drug-likeness (QED) is 0.861. The van der Waals surface area contributed by atoms with Crippen LogP contribution in [0.15, 0.2) is 34.9 Å². The maximum absolute atomic E-state index is 3.56. The Bertz CT molecular complexity index is 556. The van der Waals surface area contributed by atoms with Crippen LogP contribution in [0.4, 0.5) is 0 Å². The second-order valence-electron chi connectivity index (χ2n) is 5.36. The molecule has 2 aromatic rings. The minimum Gasteiger partial charge on any atom is -0.346 e. The molecule has 0 radical (unpaired) electrons. The third-order valence-corrected chi connectivity index (χ3v) is 4.48. The van der Waals surface area contributed by atoms with Crippen molar-refractivity contribution >= 4 is 26.8 Å². The van der Waals surface area contributed by atoms with Gasteiger partial charge in [0.1, 0.15) is 0 Å². The summed E-state index contributed by atoms with van der Waals surface area (Å²) in [6.07, 6.45) is 2.20. The van der Waals surface area contributed by atoms with Crippen LogP contribution in [0.1, 0.15) is 0 Å². The van der Waals surface area contributed by atoms with Gasteiger partial charge in [-0.25, -0.2) is 0 Å². The molecule has 0 N–H and O–H groups in total. The molecule has 0 unspecified atom stereocenters. The maximum Gasteiger partial charge on any atom is 0.0492 e. The lowest BCUT2D eigenvalue weighted by atomic mass is 10.2. The predicted molar refractivity (Wildman–Crippen MR) is 83.6 cm³/mol. The highest BCUT2D eigenvalue weighted by Crippen LogP contribution is 2.20. The van der Waals surface area contributed by atoms with Gasteiger partial charge in [0.15, 0.2) is 0 Å². The number of hydrogen-bond donors (Lipinski definition) is 0. The van der Waals surface area contributed by atoms with Gasteiger partial charge < -0.3 is 9.47 Å². The molecule has 3 nitrogen and oxygen atoms in total. The summed E-state index contributed by atoms with van der Waals surface area (Å²) in [5, 5.41) is 1.32. The molecule has 3 rings (SSSR count). The van der Waals surface area contributed by atoms with Crippen LogP contribution in [0.5, 0.6) is 0 Å². The minimum atomic E-state index is 1.07. The van der Waals surface area contributed by atoms with Gasteiger partial charge in [-0.3, -0.25) is 4.90 Å². The Morgan fingerprint density at radius 1 is 1.05 bits per heavy atom. The number of fused-ring (bicyclic) bond motifs is 1. The zero-order valence-electron chi connectivity index (χ0n) is 11.3. The summed E-state index contributed by atoms with van der Waals surface area (Å²) in [5.41, 5.74) is 1.32. The van der Waals surface area contributed by atoms with Gasteiger partial charge in [-0.15, -0.1) is 0 Å². The highest BCUT2D eigenvalue weighted by molar-refractivity contribution is 9.10. The van der Waals surface area contributed by atoms with E-state index in [0.29, 0.717) is 0 Å². The summed E-state index contributed by atoms with van der Waals surface area (Å²) < 4.78 is 3.51. The van der Waals surface area contributed by atoms with Crippen molar-refractivity contribution in [3.8, 4) is 0 Å². The van der Waals surface area contributed by atoms with E-state index >= 15 is 0 Å². The summed E-state index contributed by atoms with van der Waals surface area (Å²) in [5.74, 6) is 0. The zero-order chi connectivity index (χ0) is 13.2. The fourth-order valence-corrected chi connectivity index (χ4v) is 3.02. The number of benzene rings is 1. The van der Waals surface area contributed by atoms with E-state index in [2.05, 4.69) is 67.8 Å². The van der Waals surface area contributed by atoms with Crippen LogP contribution in [0.3, 0.4) is 0 Å². The molecule has 0 spiro atoms. The summed E-state index contributed by atoms with van der Waals surface area (Å²) >= 11 is 3.56. The largest absolute Gasteiger partial charge is 0.346 e. The monoisotopic (exact) mass is 321 g/mol. The van der Waals surface area contributed by atoms with Gasteiger partial charge in [0.2, 0.25) is 0 Å². The molecule has 0 atom stereocenters. The molecule has 4 heteroatoms. The highest BCUT2D eigenvalue weighted by Gasteiger charge is 2.13. The van der Waals surface area contributed by atoms with E-state index in [4.69, 9.17) is 0 Å². The first-order valence-electron chi connectivity index (χ1n) is 6.88. The van der Waals surface area contributed by atoms with Crippen LogP contribution >= 0.6 is 15.9 Å². The Hall–Kier alpha value is -0.840. The first-order valence-corrected chi connectivity index (χ1v) is 7.67. The molecule has 1 aliphatic rings. The number of nitrogens with zero attached hydrogens (tertiary/aromatic N) is 3. The number of halogens is 1. The zero-order valence-corrected chi connectivity index (χ0v) is 12.9. The molecular formula is C15H20BrN3. The van der Waals surface area contributed by atoms with Crippen LogP contribution in [0.2, 0.25) is 0 Å². The normalized spacial score (nSPS) is 18.2. The molecule has 0 bridgehead atoms.